The smallest absolute Gasteiger partial charge is 0.0799 e. The minimum absolute atomic E-state index is 0.356. The highest BCUT2D eigenvalue weighted by Gasteiger charge is 2.06. The molecule has 0 saturated carbocycles. The fourth-order valence-electron chi connectivity index (χ4n) is 0.832. The molecule has 1 rings (SSSR count). The molecule has 60 valence electrons. The lowest BCUT2D eigenvalue weighted by molar-refractivity contribution is 1.47. The maximum absolute atomic E-state index is 5.73. The van der Waals surface area contributed by atoms with Crippen molar-refractivity contribution in [1.29, 1.82) is 0 Å². The zero-order chi connectivity index (χ0) is 8.59. The molecule has 0 fully saturated rings. The van der Waals surface area contributed by atoms with E-state index in [-0.39, 0.29) is 0 Å². The van der Waals surface area contributed by atoms with Gasteiger partial charge in [-0.1, -0.05) is 11.6 Å². The second-order valence-electron chi connectivity index (χ2n) is 2.42. The number of rotatable bonds is 0. The van der Waals surface area contributed by atoms with Crippen LogP contribution in [0.15, 0.2) is 6.07 Å². The number of benzene rings is 1. The molecule has 4 heteroatoms. The molecule has 1 aromatic rings. The third-order valence-corrected chi connectivity index (χ3v) is 1.92. The van der Waals surface area contributed by atoms with Crippen LogP contribution in [-0.4, -0.2) is 0 Å². The van der Waals surface area contributed by atoms with E-state index in [1.54, 1.807) is 6.07 Å². The summed E-state index contributed by atoms with van der Waals surface area (Å²) in [5.74, 6) is 0. The number of hydrogen-bond donors (Lipinski definition) is 3. The van der Waals surface area contributed by atoms with E-state index in [0.29, 0.717) is 22.1 Å². The van der Waals surface area contributed by atoms with Crippen molar-refractivity contribution in [3.05, 3.63) is 16.7 Å². The van der Waals surface area contributed by atoms with E-state index in [1.807, 2.05) is 6.92 Å². The molecule has 0 unspecified atom stereocenters. The molecule has 0 saturated heterocycles. The first kappa shape index (κ1) is 8.01. The van der Waals surface area contributed by atoms with E-state index in [4.69, 9.17) is 28.8 Å². The molecule has 3 nitrogen and oxygen atoms in total. The van der Waals surface area contributed by atoms with Crippen LogP contribution >= 0.6 is 11.6 Å². The molecule has 0 spiro atoms. The Labute approximate surface area is 70.1 Å². The minimum atomic E-state index is 0.356. The van der Waals surface area contributed by atoms with Gasteiger partial charge in [0.25, 0.3) is 0 Å². The zero-order valence-electron chi connectivity index (χ0n) is 6.19. The van der Waals surface area contributed by atoms with Crippen molar-refractivity contribution in [3.63, 3.8) is 0 Å². The van der Waals surface area contributed by atoms with Gasteiger partial charge in [0.1, 0.15) is 0 Å². The van der Waals surface area contributed by atoms with Crippen molar-refractivity contribution >= 4 is 28.7 Å². The molecular weight excluding hydrogens is 162 g/mol. The molecule has 0 amide bonds. The van der Waals surface area contributed by atoms with Crippen molar-refractivity contribution < 1.29 is 0 Å². The summed E-state index contributed by atoms with van der Waals surface area (Å²) in [6, 6.07) is 1.70. The Morgan fingerprint density at radius 2 is 1.64 bits per heavy atom. The van der Waals surface area contributed by atoms with Crippen molar-refractivity contribution in [2.75, 3.05) is 17.2 Å². The van der Waals surface area contributed by atoms with Crippen molar-refractivity contribution in [2.45, 2.75) is 6.92 Å². The lowest BCUT2D eigenvalue weighted by Gasteiger charge is -2.08. The molecule has 0 bridgehead atoms. The summed E-state index contributed by atoms with van der Waals surface area (Å²) >= 11 is 5.73. The predicted molar refractivity (Wildman–Crippen MR) is 49.4 cm³/mol. The Hall–Kier alpha value is -1.09. The summed E-state index contributed by atoms with van der Waals surface area (Å²) in [5.41, 5.74) is 18.7. The van der Waals surface area contributed by atoms with E-state index in [9.17, 15) is 0 Å². The lowest BCUT2D eigenvalue weighted by atomic mass is 10.1. The minimum Gasteiger partial charge on any atom is -0.397 e. The van der Waals surface area contributed by atoms with Crippen LogP contribution in [0, 0.1) is 6.92 Å². The van der Waals surface area contributed by atoms with Gasteiger partial charge >= 0.3 is 0 Å². The SMILES string of the molecule is Cc1cc(Cl)c(N)c(N)c1N. The highest BCUT2D eigenvalue weighted by atomic mass is 35.5. The van der Waals surface area contributed by atoms with Gasteiger partial charge in [-0.3, -0.25) is 0 Å². The molecule has 1 aromatic carbocycles. The zero-order valence-corrected chi connectivity index (χ0v) is 6.94. The third-order valence-electron chi connectivity index (χ3n) is 1.61. The molecular formula is C7H10ClN3. The Morgan fingerprint density at radius 1 is 1.09 bits per heavy atom. The molecule has 0 atom stereocenters. The monoisotopic (exact) mass is 171 g/mol. The van der Waals surface area contributed by atoms with Gasteiger partial charge in [-0.25, -0.2) is 0 Å². The molecule has 11 heavy (non-hydrogen) atoms. The Bertz CT molecular complexity index is 270. The molecule has 0 aromatic heterocycles. The Morgan fingerprint density at radius 3 is 2.18 bits per heavy atom. The summed E-state index contributed by atoms with van der Waals surface area (Å²) in [4.78, 5) is 0. The topological polar surface area (TPSA) is 78.1 Å². The molecule has 0 heterocycles. The first-order valence-electron chi connectivity index (χ1n) is 3.13. The number of anilines is 3. The van der Waals surface area contributed by atoms with Gasteiger partial charge in [-0.05, 0) is 18.6 Å². The van der Waals surface area contributed by atoms with E-state index in [2.05, 4.69) is 0 Å². The first-order chi connectivity index (χ1) is 5.04. The van der Waals surface area contributed by atoms with E-state index >= 15 is 0 Å². The highest BCUT2D eigenvalue weighted by Crippen LogP contribution is 2.32. The van der Waals surface area contributed by atoms with Crippen LogP contribution in [-0.2, 0) is 0 Å². The summed E-state index contributed by atoms with van der Waals surface area (Å²) in [5, 5.41) is 0.453. The second-order valence-corrected chi connectivity index (χ2v) is 2.82. The Kier molecular flexibility index (Phi) is 1.83. The van der Waals surface area contributed by atoms with Gasteiger partial charge < -0.3 is 17.2 Å². The fourth-order valence-corrected chi connectivity index (χ4v) is 1.10. The van der Waals surface area contributed by atoms with Crippen LogP contribution in [0.5, 0.6) is 0 Å². The number of aryl methyl sites for hydroxylation is 1. The van der Waals surface area contributed by atoms with E-state index < -0.39 is 0 Å². The quantitative estimate of drug-likeness (QED) is 0.517. The van der Waals surface area contributed by atoms with Gasteiger partial charge in [-0.2, -0.15) is 0 Å². The largest absolute Gasteiger partial charge is 0.397 e. The van der Waals surface area contributed by atoms with Crippen LogP contribution in [0.4, 0.5) is 17.1 Å². The van der Waals surface area contributed by atoms with Crippen LogP contribution < -0.4 is 17.2 Å². The summed E-state index contributed by atoms with van der Waals surface area (Å²) in [6.07, 6.45) is 0. The summed E-state index contributed by atoms with van der Waals surface area (Å²) in [6.45, 7) is 1.83. The van der Waals surface area contributed by atoms with Gasteiger partial charge in [0.05, 0.1) is 22.1 Å². The molecule has 6 N–H and O–H groups in total. The maximum atomic E-state index is 5.73. The number of nitrogens with two attached hydrogens (primary N) is 3. The highest BCUT2D eigenvalue weighted by molar-refractivity contribution is 6.34. The van der Waals surface area contributed by atoms with Crippen molar-refractivity contribution in [2.24, 2.45) is 0 Å². The number of nitrogen functional groups attached to an aromatic ring is 3. The lowest BCUT2D eigenvalue weighted by Crippen LogP contribution is -2.02. The third kappa shape index (κ3) is 1.19. The Balaban J connectivity index is 3.46. The molecule has 0 aliphatic rings. The summed E-state index contributed by atoms with van der Waals surface area (Å²) < 4.78 is 0. The number of hydrogen-bond acceptors (Lipinski definition) is 3. The standard InChI is InChI=1S/C7H10ClN3/c1-3-2-4(8)6(10)7(11)5(3)9/h2H,9-11H2,1H3. The van der Waals surface area contributed by atoms with E-state index in [0.717, 1.165) is 5.56 Å². The normalized spacial score (nSPS) is 10.0. The molecule has 0 aliphatic carbocycles. The second kappa shape index (κ2) is 2.51. The molecule has 0 radical (unpaired) electrons. The van der Waals surface area contributed by atoms with Gasteiger partial charge in [0, 0.05) is 0 Å². The fraction of sp³-hybridized carbons (Fsp3) is 0.143. The van der Waals surface area contributed by atoms with Crippen LogP contribution in [0.3, 0.4) is 0 Å². The average molecular weight is 172 g/mol. The maximum Gasteiger partial charge on any atom is 0.0799 e. The average Bonchev–Trinajstić information content (AvgIpc) is 1.97. The van der Waals surface area contributed by atoms with Crippen LogP contribution in [0.1, 0.15) is 5.56 Å². The van der Waals surface area contributed by atoms with Gasteiger partial charge in [-0.15, -0.1) is 0 Å². The first-order valence-corrected chi connectivity index (χ1v) is 3.51. The van der Waals surface area contributed by atoms with Gasteiger partial charge in [0.2, 0.25) is 0 Å². The number of halogens is 1. The van der Waals surface area contributed by atoms with Crippen LogP contribution in [0.25, 0.3) is 0 Å². The van der Waals surface area contributed by atoms with E-state index in [1.165, 1.54) is 0 Å². The van der Waals surface area contributed by atoms with Crippen LogP contribution in [0.2, 0.25) is 5.02 Å². The van der Waals surface area contributed by atoms with Crippen molar-refractivity contribution in [1.82, 2.24) is 0 Å². The summed E-state index contributed by atoms with van der Waals surface area (Å²) in [7, 11) is 0. The predicted octanol–water partition coefficient (Wildman–Crippen LogP) is 1.40. The molecule has 0 aliphatic heterocycles. The van der Waals surface area contributed by atoms with Gasteiger partial charge in [0.15, 0.2) is 0 Å². The van der Waals surface area contributed by atoms with Crippen molar-refractivity contribution in [3.8, 4) is 0 Å².